The molecular formula is C14H13Cl2N5O. The first-order valence-electron chi connectivity index (χ1n) is 6.67. The Morgan fingerprint density at radius 1 is 1.09 bits per heavy atom. The predicted molar refractivity (Wildman–Crippen MR) is 86.4 cm³/mol. The highest BCUT2D eigenvalue weighted by molar-refractivity contribution is 6.42. The summed E-state index contributed by atoms with van der Waals surface area (Å²) in [4.78, 5) is 16.7. The summed E-state index contributed by atoms with van der Waals surface area (Å²) >= 11 is 11.9. The van der Waals surface area contributed by atoms with Crippen molar-refractivity contribution in [3.8, 4) is 11.4 Å². The van der Waals surface area contributed by atoms with Gasteiger partial charge in [0.05, 0.1) is 10.0 Å². The topological polar surface area (TPSA) is 65.6 Å². The van der Waals surface area contributed by atoms with Crippen molar-refractivity contribution in [2.45, 2.75) is 19.9 Å². The first-order chi connectivity index (χ1) is 10.4. The van der Waals surface area contributed by atoms with Crippen molar-refractivity contribution in [2.75, 3.05) is 0 Å². The average molecular weight is 338 g/mol. The molecule has 0 atom stereocenters. The molecule has 6 nitrogen and oxygen atoms in total. The van der Waals surface area contributed by atoms with Crippen molar-refractivity contribution in [1.29, 1.82) is 0 Å². The van der Waals surface area contributed by atoms with Gasteiger partial charge in [-0.15, -0.1) is 10.2 Å². The van der Waals surface area contributed by atoms with Gasteiger partial charge in [0.25, 0.3) is 0 Å². The van der Waals surface area contributed by atoms with E-state index in [2.05, 4.69) is 15.2 Å². The van der Waals surface area contributed by atoms with Gasteiger partial charge in [-0.25, -0.2) is 9.78 Å². The molecule has 0 spiro atoms. The van der Waals surface area contributed by atoms with E-state index < -0.39 is 0 Å². The van der Waals surface area contributed by atoms with Crippen molar-refractivity contribution >= 4 is 34.5 Å². The van der Waals surface area contributed by atoms with Gasteiger partial charge in [-0.3, -0.25) is 9.13 Å². The van der Waals surface area contributed by atoms with Crippen LogP contribution in [-0.2, 0) is 7.05 Å². The molecule has 2 aromatic heterocycles. The Kier molecular flexibility index (Phi) is 3.66. The Bertz CT molecular complexity index is 929. The number of halogens is 2. The molecule has 0 bridgehead atoms. The van der Waals surface area contributed by atoms with E-state index in [1.165, 1.54) is 4.57 Å². The fraction of sp³-hybridized carbons (Fsp3) is 0.286. The van der Waals surface area contributed by atoms with Crippen molar-refractivity contribution in [3.05, 3.63) is 38.7 Å². The van der Waals surface area contributed by atoms with Crippen molar-refractivity contribution in [1.82, 2.24) is 24.3 Å². The van der Waals surface area contributed by atoms with Crippen LogP contribution in [0.2, 0.25) is 10.0 Å². The minimum absolute atomic E-state index is 0.0249. The summed E-state index contributed by atoms with van der Waals surface area (Å²) in [6.45, 7) is 3.82. The number of rotatable bonds is 2. The SMILES string of the molecule is CC(C)n1c(=O)n(C)c2nc(-c3ccc(Cl)c(Cl)c3)nnc21. The lowest BCUT2D eigenvalue weighted by Crippen LogP contribution is -2.23. The third kappa shape index (κ3) is 2.28. The number of hydrogen-bond acceptors (Lipinski definition) is 4. The van der Waals surface area contributed by atoms with E-state index >= 15 is 0 Å². The second kappa shape index (κ2) is 5.37. The van der Waals surface area contributed by atoms with Crippen LogP contribution in [0.5, 0.6) is 0 Å². The van der Waals surface area contributed by atoms with Crippen LogP contribution in [-0.4, -0.2) is 24.3 Å². The van der Waals surface area contributed by atoms with Crippen LogP contribution in [0.15, 0.2) is 23.0 Å². The lowest BCUT2D eigenvalue weighted by Gasteiger charge is -2.05. The fourth-order valence-corrected chi connectivity index (χ4v) is 2.56. The van der Waals surface area contributed by atoms with Crippen LogP contribution in [0.4, 0.5) is 0 Å². The zero-order valence-corrected chi connectivity index (χ0v) is 13.7. The summed E-state index contributed by atoms with van der Waals surface area (Å²) < 4.78 is 3.03. The number of aryl methyl sites for hydroxylation is 1. The van der Waals surface area contributed by atoms with Crippen LogP contribution in [0.3, 0.4) is 0 Å². The molecule has 2 heterocycles. The van der Waals surface area contributed by atoms with Crippen LogP contribution in [0, 0.1) is 0 Å². The largest absolute Gasteiger partial charge is 0.331 e. The van der Waals surface area contributed by atoms with E-state index in [9.17, 15) is 4.79 Å². The zero-order valence-electron chi connectivity index (χ0n) is 12.2. The van der Waals surface area contributed by atoms with Gasteiger partial charge < -0.3 is 0 Å². The summed E-state index contributed by atoms with van der Waals surface area (Å²) in [6.07, 6.45) is 0. The monoisotopic (exact) mass is 337 g/mol. The van der Waals surface area contributed by atoms with Crippen LogP contribution >= 0.6 is 23.2 Å². The van der Waals surface area contributed by atoms with Crippen LogP contribution < -0.4 is 5.69 Å². The molecule has 0 aliphatic rings. The van der Waals surface area contributed by atoms with Gasteiger partial charge in [0.15, 0.2) is 11.5 Å². The van der Waals surface area contributed by atoms with Crippen LogP contribution in [0.1, 0.15) is 19.9 Å². The van der Waals surface area contributed by atoms with E-state index in [0.29, 0.717) is 32.7 Å². The Hall–Kier alpha value is -1.92. The van der Waals surface area contributed by atoms with Gasteiger partial charge in [0.2, 0.25) is 5.65 Å². The Morgan fingerprint density at radius 2 is 1.82 bits per heavy atom. The summed E-state index contributed by atoms with van der Waals surface area (Å²) in [5, 5.41) is 9.15. The standard InChI is InChI=1S/C14H13Cl2N5O/c1-7(2)21-13-12(20(3)14(21)22)17-11(18-19-13)8-4-5-9(15)10(16)6-8/h4-7H,1-3H3. The molecule has 114 valence electrons. The van der Waals surface area contributed by atoms with E-state index in [4.69, 9.17) is 23.2 Å². The van der Waals surface area contributed by atoms with E-state index in [0.717, 1.165) is 0 Å². The molecule has 0 N–H and O–H groups in total. The van der Waals surface area contributed by atoms with Gasteiger partial charge in [-0.05, 0) is 32.0 Å². The third-order valence-corrected chi connectivity index (χ3v) is 4.12. The normalized spacial score (nSPS) is 11.5. The molecule has 0 aliphatic heterocycles. The van der Waals surface area contributed by atoms with Gasteiger partial charge in [-0.2, -0.15) is 0 Å². The number of hydrogen-bond donors (Lipinski definition) is 0. The number of imidazole rings is 1. The minimum atomic E-state index is -0.168. The highest BCUT2D eigenvalue weighted by Crippen LogP contribution is 2.27. The molecule has 0 fully saturated rings. The first-order valence-corrected chi connectivity index (χ1v) is 7.43. The predicted octanol–water partition coefficient (Wildman–Crippen LogP) is 3.08. The molecule has 22 heavy (non-hydrogen) atoms. The number of nitrogens with zero attached hydrogens (tertiary/aromatic N) is 5. The number of fused-ring (bicyclic) bond motifs is 1. The van der Waals surface area contributed by atoms with Gasteiger partial charge in [0, 0.05) is 18.7 Å². The summed E-state index contributed by atoms with van der Waals surface area (Å²) in [6, 6.07) is 5.08. The van der Waals surface area contributed by atoms with Crippen LogP contribution in [0.25, 0.3) is 22.7 Å². The maximum Gasteiger partial charge on any atom is 0.331 e. The lowest BCUT2D eigenvalue weighted by atomic mass is 10.2. The Balaban J connectivity index is 2.24. The molecule has 0 amide bonds. The maximum atomic E-state index is 12.3. The third-order valence-electron chi connectivity index (χ3n) is 3.38. The molecule has 0 saturated heterocycles. The number of benzene rings is 1. The molecule has 3 rings (SSSR count). The highest BCUT2D eigenvalue weighted by atomic mass is 35.5. The summed E-state index contributed by atoms with van der Waals surface area (Å²) in [5.41, 5.74) is 1.47. The lowest BCUT2D eigenvalue weighted by molar-refractivity contribution is 0.577. The highest BCUT2D eigenvalue weighted by Gasteiger charge is 2.17. The molecule has 3 aromatic rings. The smallest absolute Gasteiger partial charge is 0.278 e. The second-order valence-electron chi connectivity index (χ2n) is 5.22. The molecule has 0 radical (unpaired) electrons. The van der Waals surface area contributed by atoms with Crippen molar-refractivity contribution in [3.63, 3.8) is 0 Å². The van der Waals surface area contributed by atoms with Gasteiger partial charge in [-0.1, -0.05) is 23.2 Å². The fourth-order valence-electron chi connectivity index (χ4n) is 2.26. The van der Waals surface area contributed by atoms with E-state index in [1.807, 2.05) is 13.8 Å². The first kappa shape index (κ1) is 15.0. The summed E-state index contributed by atoms with van der Waals surface area (Å²) in [7, 11) is 1.66. The molecule has 0 aliphatic carbocycles. The van der Waals surface area contributed by atoms with E-state index in [1.54, 1.807) is 29.8 Å². The molecule has 0 unspecified atom stereocenters. The van der Waals surface area contributed by atoms with Gasteiger partial charge in [0.1, 0.15) is 0 Å². The quantitative estimate of drug-likeness (QED) is 0.720. The zero-order chi connectivity index (χ0) is 16.0. The van der Waals surface area contributed by atoms with E-state index in [-0.39, 0.29) is 11.7 Å². The molecule has 1 aromatic carbocycles. The van der Waals surface area contributed by atoms with Gasteiger partial charge >= 0.3 is 5.69 Å². The Labute approximate surface area is 136 Å². The second-order valence-corrected chi connectivity index (χ2v) is 6.03. The van der Waals surface area contributed by atoms with Crippen molar-refractivity contribution in [2.24, 2.45) is 7.05 Å². The maximum absolute atomic E-state index is 12.3. The summed E-state index contributed by atoms with van der Waals surface area (Å²) in [5.74, 6) is 0.391. The Morgan fingerprint density at radius 3 is 2.45 bits per heavy atom. The molecule has 0 saturated carbocycles. The molecular weight excluding hydrogens is 325 g/mol. The minimum Gasteiger partial charge on any atom is -0.278 e. The number of aromatic nitrogens is 5. The van der Waals surface area contributed by atoms with Crippen molar-refractivity contribution < 1.29 is 0 Å². The molecule has 8 heteroatoms. The average Bonchev–Trinajstić information content (AvgIpc) is 2.73.